The Labute approximate surface area is 194 Å². The Bertz CT molecular complexity index is 1110. The lowest BCUT2D eigenvalue weighted by atomic mass is 9.77. The number of ether oxygens (including phenoxy) is 2. The van der Waals surface area contributed by atoms with Gasteiger partial charge in [0.2, 0.25) is 0 Å². The number of rotatable bonds is 0. The Morgan fingerprint density at radius 2 is 1.32 bits per heavy atom. The van der Waals surface area contributed by atoms with Crippen LogP contribution in [0.1, 0.15) is 22.3 Å². The Morgan fingerprint density at radius 3 is 1.89 bits per heavy atom. The SMILES string of the molecule is Oc1c(Br)cc2c(c1Br)Oc1c(cc(Br)c(O)c1Br)C21OCc2ccccc21. The van der Waals surface area contributed by atoms with E-state index >= 15 is 0 Å². The maximum atomic E-state index is 10.4. The van der Waals surface area contributed by atoms with Crippen LogP contribution in [0.15, 0.2) is 54.3 Å². The quantitative estimate of drug-likeness (QED) is 0.278. The monoisotopic (exact) mass is 630 g/mol. The van der Waals surface area contributed by atoms with Crippen LogP contribution in [0, 0.1) is 0 Å². The number of fused-ring (bicyclic) bond motifs is 6. The van der Waals surface area contributed by atoms with Crippen molar-refractivity contribution < 1.29 is 19.7 Å². The van der Waals surface area contributed by atoms with Crippen LogP contribution in [0.25, 0.3) is 0 Å². The molecule has 3 aromatic rings. The molecule has 0 saturated carbocycles. The average Bonchev–Trinajstić information content (AvgIpc) is 3.07. The number of halogens is 4. The van der Waals surface area contributed by atoms with Crippen LogP contribution in [0.2, 0.25) is 0 Å². The van der Waals surface area contributed by atoms with E-state index in [0.29, 0.717) is 36.0 Å². The Balaban J connectivity index is 1.96. The first-order valence-electron chi connectivity index (χ1n) is 8.19. The predicted molar refractivity (Wildman–Crippen MR) is 118 cm³/mol. The average molecular weight is 634 g/mol. The van der Waals surface area contributed by atoms with Gasteiger partial charge in [0.05, 0.1) is 15.6 Å². The van der Waals surface area contributed by atoms with Crippen LogP contribution in [-0.4, -0.2) is 10.2 Å². The smallest absolute Gasteiger partial charge is 0.152 e. The number of hydrogen-bond acceptors (Lipinski definition) is 4. The lowest BCUT2D eigenvalue weighted by molar-refractivity contribution is 0.0195. The number of phenols is 2. The number of benzene rings is 3. The largest absolute Gasteiger partial charge is 0.505 e. The molecule has 2 aliphatic rings. The molecule has 2 heterocycles. The molecule has 0 saturated heterocycles. The zero-order chi connectivity index (χ0) is 19.8. The summed E-state index contributed by atoms with van der Waals surface area (Å²) in [5.41, 5.74) is 2.63. The third-order valence-electron chi connectivity index (χ3n) is 5.10. The van der Waals surface area contributed by atoms with E-state index in [0.717, 1.165) is 22.3 Å². The molecule has 0 aromatic heterocycles. The van der Waals surface area contributed by atoms with Crippen LogP contribution in [0.4, 0.5) is 0 Å². The first-order chi connectivity index (χ1) is 13.4. The van der Waals surface area contributed by atoms with Gasteiger partial charge < -0.3 is 19.7 Å². The summed E-state index contributed by atoms with van der Waals surface area (Å²) in [7, 11) is 0. The molecule has 0 radical (unpaired) electrons. The van der Waals surface area contributed by atoms with Crippen molar-refractivity contribution in [2.45, 2.75) is 12.2 Å². The molecule has 0 fully saturated rings. The highest BCUT2D eigenvalue weighted by atomic mass is 79.9. The van der Waals surface area contributed by atoms with Crippen LogP contribution >= 0.6 is 63.7 Å². The standard InChI is InChI=1S/C20H10Br4O4/c21-12-5-10-18(14(23)16(12)25)28-19-11(6-13(22)17(26)15(19)24)20(10)9-4-2-1-3-8(9)7-27-20/h1-6,25-26H,7H2. The number of hydrogen-bond donors (Lipinski definition) is 2. The van der Waals surface area contributed by atoms with Gasteiger partial charge in [-0.1, -0.05) is 24.3 Å². The molecular formula is C20H10Br4O4. The molecule has 0 aliphatic carbocycles. The third kappa shape index (κ3) is 2.35. The molecular weight excluding hydrogens is 624 g/mol. The fourth-order valence-electron chi connectivity index (χ4n) is 3.85. The summed E-state index contributed by atoms with van der Waals surface area (Å²) < 4.78 is 14.5. The Kier molecular flexibility index (Phi) is 4.38. The van der Waals surface area contributed by atoms with Gasteiger partial charge in [0.25, 0.3) is 0 Å². The minimum absolute atomic E-state index is 0.0288. The van der Waals surface area contributed by atoms with Crippen molar-refractivity contribution in [3.63, 3.8) is 0 Å². The molecule has 0 unspecified atom stereocenters. The van der Waals surface area contributed by atoms with Gasteiger partial charge >= 0.3 is 0 Å². The zero-order valence-corrected chi connectivity index (χ0v) is 20.2. The first kappa shape index (κ1) is 18.9. The molecule has 0 atom stereocenters. The topological polar surface area (TPSA) is 58.9 Å². The lowest BCUT2D eigenvalue weighted by Crippen LogP contribution is -2.32. The molecule has 2 N–H and O–H groups in total. The summed E-state index contributed by atoms with van der Waals surface area (Å²) >= 11 is 13.8. The van der Waals surface area contributed by atoms with Gasteiger partial charge in [0.15, 0.2) is 17.1 Å². The van der Waals surface area contributed by atoms with Crippen LogP contribution in [0.5, 0.6) is 23.0 Å². The van der Waals surface area contributed by atoms with E-state index in [1.54, 1.807) is 0 Å². The van der Waals surface area contributed by atoms with E-state index in [-0.39, 0.29) is 11.5 Å². The highest BCUT2D eigenvalue weighted by molar-refractivity contribution is 9.11. The van der Waals surface area contributed by atoms with Crippen molar-refractivity contribution in [1.29, 1.82) is 0 Å². The molecule has 142 valence electrons. The van der Waals surface area contributed by atoms with E-state index in [1.807, 2.05) is 36.4 Å². The molecule has 2 aliphatic heterocycles. The summed E-state index contributed by atoms with van der Waals surface area (Å²) in [6, 6.07) is 11.6. The number of aromatic hydroxyl groups is 2. The second kappa shape index (κ2) is 6.47. The first-order valence-corrected chi connectivity index (χ1v) is 11.4. The van der Waals surface area contributed by atoms with E-state index in [2.05, 4.69) is 63.7 Å². The van der Waals surface area contributed by atoms with Gasteiger partial charge in [-0.15, -0.1) is 0 Å². The second-order valence-corrected chi connectivity index (χ2v) is 9.82. The van der Waals surface area contributed by atoms with Crippen LogP contribution < -0.4 is 4.74 Å². The van der Waals surface area contributed by atoms with E-state index in [4.69, 9.17) is 9.47 Å². The third-order valence-corrected chi connectivity index (χ3v) is 7.78. The van der Waals surface area contributed by atoms with Gasteiger partial charge in [0.1, 0.15) is 20.4 Å². The van der Waals surface area contributed by atoms with Gasteiger partial charge in [-0.3, -0.25) is 0 Å². The van der Waals surface area contributed by atoms with Gasteiger partial charge in [-0.05, 0) is 87.0 Å². The van der Waals surface area contributed by atoms with E-state index < -0.39 is 5.60 Å². The Morgan fingerprint density at radius 1 is 0.786 bits per heavy atom. The highest BCUT2D eigenvalue weighted by Gasteiger charge is 2.51. The van der Waals surface area contributed by atoms with E-state index in [1.165, 1.54) is 0 Å². The fourth-order valence-corrected chi connectivity index (χ4v) is 6.25. The lowest BCUT2D eigenvalue weighted by Gasteiger charge is -2.38. The van der Waals surface area contributed by atoms with Crippen molar-refractivity contribution in [1.82, 2.24) is 0 Å². The van der Waals surface area contributed by atoms with Crippen molar-refractivity contribution in [3.05, 3.63) is 76.5 Å². The van der Waals surface area contributed by atoms with Crippen LogP contribution in [0.3, 0.4) is 0 Å². The highest BCUT2D eigenvalue weighted by Crippen LogP contribution is 2.62. The predicted octanol–water partition coefficient (Wildman–Crippen LogP) is 7.08. The summed E-state index contributed by atoms with van der Waals surface area (Å²) in [5, 5.41) is 20.8. The molecule has 5 rings (SSSR count). The van der Waals surface area contributed by atoms with Gasteiger partial charge in [0, 0.05) is 11.1 Å². The molecule has 3 aromatic carbocycles. The summed E-state index contributed by atoms with van der Waals surface area (Å²) in [5.74, 6) is 0.932. The Hall–Kier alpha value is -1.06. The second-order valence-electron chi connectivity index (χ2n) is 6.52. The molecule has 0 bridgehead atoms. The van der Waals surface area contributed by atoms with Crippen molar-refractivity contribution >= 4 is 63.7 Å². The van der Waals surface area contributed by atoms with Gasteiger partial charge in [-0.2, -0.15) is 0 Å². The molecule has 8 heteroatoms. The fraction of sp³-hybridized carbons (Fsp3) is 0.100. The van der Waals surface area contributed by atoms with Gasteiger partial charge in [-0.25, -0.2) is 0 Å². The molecule has 1 spiro atoms. The summed E-state index contributed by atoms with van der Waals surface area (Å²) in [6.45, 7) is 0.432. The summed E-state index contributed by atoms with van der Waals surface area (Å²) in [6.07, 6.45) is 0. The zero-order valence-electron chi connectivity index (χ0n) is 13.9. The van der Waals surface area contributed by atoms with Crippen LogP contribution in [-0.2, 0) is 16.9 Å². The minimum atomic E-state index is -0.947. The minimum Gasteiger partial charge on any atom is -0.505 e. The van der Waals surface area contributed by atoms with E-state index in [9.17, 15) is 10.2 Å². The maximum Gasteiger partial charge on any atom is 0.152 e. The maximum absolute atomic E-state index is 10.4. The summed E-state index contributed by atoms with van der Waals surface area (Å²) in [4.78, 5) is 0. The molecule has 28 heavy (non-hydrogen) atoms. The molecule has 0 amide bonds. The van der Waals surface area contributed by atoms with Crippen molar-refractivity contribution in [3.8, 4) is 23.0 Å². The number of phenolic OH excluding ortho intramolecular Hbond substituents is 2. The van der Waals surface area contributed by atoms with Crippen molar-refractivity contribution in [2.24, 2.45) is 0 Å². The molecule has 4 nitrogen and oxygen atoms in total. The van der Waals surface area contributed by atoms with Crippen molar-refractivity contribution in [2.75, 3.05) is 0 Å². The normalized spacial score (nSPS) is 15.7.